The molecule has 46 heavy (non-hydrogen) atoms. The molecule has 0 saturated heterocycles. The van der Waals surface area contributed by atoms with Crippen LogP contribution in [-0.2, 0) is 19.1 Å². The van der Waals surface area contributed by atoms with Crippen LogP contribution in [0.3, 0.4) is 0 Å². The van der Waals surface area contributed by atoms with Crippen molar-refractivity contribution in [2.45, 2.75) is 75.7 Å². The van der Waals surface area contributed by atoms with Crippen molar-refractivity contribution in [1.29, 1.82) is 0 Å². The number of hydrogen-bond donors (Lipinski definition) is 1. The van der Waals surface area contributed by atoms with Gasteiger partial charge in [0.15, 0.2) is 0 Å². The number of halogens is 5. The van der Waals surface area contributed by atoms with Crippen molar-refractivity contribution in [3.8, 4) is 0 Å². The average molecular weight is 992 g/mol. The normalized spacial score (nSPS) is 21.2. The second-order valence-corrected chi connectivity index (χ2v) is 13.3. The summed E-state index contributed by atoms with van der Waals surface area (Å²) in [5, 5.41) is 10.6. The zero-order valence-electron chi connectivity index (χ0n) is 25.2. The fraction of sp³-hybridized carbons (Fsp3) is 0.424. The van der Waals surface area contributed by atoms with Crippen LogP contribution in [0.5, 0.6) is 0 Å². The number of fused-ring (bicyclic) bond motifs is 2. The van der Waals surface area contributed by atoms with Crippen LogP contribution in [0.1, 0.15) is 80.8 Å². The fourth-order valence-electron chi connectivity index (χ4n) is 6.63. The van der Waals surface area contributed by atoms with E-state index < -0.39 is 16.1 Å². The summed E-state index contributed by atoms with van der Waals surface area (Å²) in [5.41, 5.74) is 3.84. The summed E-state index contributed by atoms with van der Waals surface area (Å²) in [6.07, 6.45) is 11.5. The van der Waals surface area contributed by atoms with Gasteiger partial charge in [-0.15, -0.1) is 24.0 Å². The molecule has 2 aliphatic rings. The lowest BCUT2D eigenvalue weighted by Crippen LogP contribution is -2.23. The predicted octanol–water partition coefficient (Wildman–Crippen LogP) is 9.89. The number of nitrogens with zero attached hydrogens (tertiary/aromatic N) is 2. The smallest absolute Gasteiger partial charge is 0.303 e. The number of pyridine rings is 2. The van der Waals surface area contributed by atoms with Crippen molar-refractivity contribution in [1.82, 2.24) is 9.97 Å². The Bertz CT molecular complexity index is 1710. The molecule has 0 atom stereocenters. The van der Waals surface area contributed by atoms with Crippen molar-refractivity contribution >= 4 is 99.1 Å². The van der Waals surface area contributed by atoms with E-state index in [1.807, 2.05) is 12.1 Å². The van der Waals surface area contributed by atoms with E-state index in [1.165, 1.54) is 18.2 Å². The Balaban J connectivity index is 0.000000233. The zero-order valence-corrected chi connectivity index (χ0v) is 32.7. The molecule has 2 aromatic heterocycles. The second-order valence-electron chi connectivity index (χ2n) is 11.7. The number of carboxylic acid groups (broad SMARTS) is 1. The van der Waals surface area contributed by atoms with Gasteiger partial charge in [-0.3, -0.25) is 18.9 Å². The summed E-state index contributed by atoms with van der Waals surface area (Å²) in [6.45, 7) is 0. The van der Waals surface area contributed by atoms with Gasteiger partial charge < -0.3 is 5.11 Å². The highest BCUT2D eigenvalue weighted by molar-refractivity contribution is 15.0. The number of aromatic nitrogens is 2. The Morgan fingerprint density at radius 1 is 0.804 bits per heavy atom. The molecule has 1 N–H and O–H groups in total. The van der Waals surface area contributed by atoms with E-state index in [9.17, 15) is 22.0 Å². The lowest BCUT2D eigenvalue weighted by atomic mass is 9.77. The standard InChI is InChI=1S/C17H18FNO2.C16H18FNO3S.I2.HI/c18-13-5-6-16-15(10-13)14(7-8-19-16)12-3-1-11(2-4-12)9-17(20)21;1-22(19,20)21-13-5-2-11(3-6-13)14-8-9-18-16-7-4-12(17)10-15(14)16;1-2;/h5-8,10-12H,1-4,9H2,(H,20,21);4,7-11,13H,2-3,5-6H2,1H3;;1H. The van der Waals surface area contributed by atoms with Crippen LogP contribution < -0.4 is 0 Å². The highest BCUT2D eigenvalue weighted by Gasteiger charge is 2.27. The topological polar surface area (TPSA) is 106 Å². The Morgan fingerprint density at radius 2 is 1.24 bits per heavy atom. The van der Waals surface area contributed by atoms with E-state index in [2.05, 4.69) is 47.2 Å². The molecule has 13 heteroatoms. The van der Waals surface area contributed by atoms with E-state index in [0.29, 0.717) is 18.8 Å². The molecule has 4 aromatic rings. The van der Waals surface area contributed by atoms with Crippen molar-refractivity contribution in [3.63, 3.8) is 0 Å². The highest BCUT2D eigenvalue weighted by atomic mass is 128. The van der Waals surface area contributed by atoms with Gasteiger partial charge in [-0.2, -0.15) is 8.42 Å². The number of benzene rings is 2. The van der Waals surface area contributed by atoms with Crippen LogP contribution in [0, 0.1) is 17.6 Å². The van der Waals surface area contributed by atoms with Crippen LogP contribution in [0.2, 0.25) is 0 Å². The Labute approximate surface area is 309 Å². The lowest BCUT2D eigenvalue weighted by molar-refractivity contribution is -0.138. The Kier molecular flexibility index (Phi) is 15.7. The molecule has 7 nitrogen and oxygen atoms in total. The molecule has 2 heterocycles. The van der Waals surface area contributed by atoms with Crippen LogP contribution in [0.15, 0.2) is 60.9 Å². The highest BCUT2D eigenvalue weighted by Crippen LogP contribution is 2.40. The van der Waals surface area contributed by atoms with Gasteiger partial charge in [-0.05, 0) is 129 Å². The second kappa shape index (κ2) is 18.5. The van der Waals surface area contributed by atoms with Crippen molar-refractivity contribution < 1.29 is 31.3 Å². The summed E-state index contributed by atoms with van der Waals surface area (Å²) >= 11 is 4.24. The van der Waals surface area contributed by atoms with E-state index in [0.717, 1.165) is 77.7 Å². The van der Waals surface area contributed by atoms with Gasteiger partial charge in [0, 0.05) is 66.8 Å². The summed E-state index contributed by atoms with van der Waals surface area (Å²) in [4.78, 5) is 19.3. The zero-order chi connectivity index (χ0) is 32.6. The molecule has 0 radical (unpaired) electrons. The van der Waals surface area contributed by atoms with Crippen LogP contribution >= 0.6 is 61.2 Å². The summed E-state index contributed by atoms with van der Waals surface area (Å²) in [6, 6.07) is 13.2. The molecule has 250 valence electrons. The molecular weight excluding hydrogens is 955 g/mol. The molecule has 0 spiro atoms. The van der Waals surface area contributed by atoms with Crippen molar-refractivity contribution in [2.75, 3.05) is 6.26 Å². The fourth-order valence-corrected chi connectivity index (χ4v) is 7.32. The molecular formula is C33H37F2I3N2O5S. The van der Waals surface area contributed by atoms with Crippen LogP contribution in [-0.4, -0.2) is 41.8 Å². The molecule has 0 unspecified atom stereocenters. The molecule has 2 aromatic carbocycles. The minimum atomic E-state index is -3.41. The number of hydrogen-bond acceptors (Lipinski definition) is 6. The molecule has 2 aliphatic carbocycles. The van der Waals surface area contributed by atoms with Gasteiger partial charge in [0.25, 0.3) is 10.1 Å². The number of carboxylic acids is 1. The van der Waals surface area contributed by atoms with Gasteiger partial charge in [-0.25, -0.2) is 8.78 Å². The number of rotatable bonds is 6. The molecule has 0 aliphatic heterocycles. The largest absolute Gasteiger partial charge is 0.481 e. The first kappa shape index (κ1) is 39.1. The minimum Gasteiger partial charge on any atom is -0.481 e. The number of carbonyl (C=O) groups is 1. The van der Waals surface area contributed by atoms with Gasteiger partial charge in [0.05, 0.1) is 23.4 Å². The summed E-state index contributed by atoms with van der Waals surface area (Å²) < 4.78 is 54.5. The first-order valence-electron chi connectivity index (χ1n) is 14.9. The molecule has 2 saturated carbocycles. The van der Waals surface area contributed by atoms with Gasteiger partial charge >= 0.3 is 5.97 Å². The maximum absolute atomic E-state index is 13.5. The third-order valence-electron chi connectivity index (χ3n) is 8.65. The molecule has 6 rings (SSSR count). The van der Waals surface area contributed by atoms with Crippen LogP contribution in [0.25, 0.3) is 21.8 Å². The maximum atomic E-state index is 13.5. The monoisotopic (exact) mass is 992 g/mol. The van der Waals surface area contributed by atoms with Crippen molar-refractivity contribution in [2.24, 2.45) is 5.92 Å². The molecule has 2 fully saturated rings. The summed E-state index contributed by atoms with van der Waals surface area (Å²) in [5.74, 6) is -0.278. The average Bonchev–Trinajstić information content (AvgIpc) is 3.01. The maximum Gasteiger partial charge on any atom is 0.303 e. The third kappa shape index (κ3) is 11.1. The first-order chi connectivity index (χ1) is 21.6. The van der Waals surface area contributed by atoms with Gasteiger partial charge in [0.2, 0.25) is 0 Å². The van der Waals surface area contributed by atoms with E-state index in [4.69, 9.17) is 9.29 Å². The van der Waals surface area contributed by atoms with Gasteiger partial charge in [-0.1, -0.05) is 0 Å². The third-order valence-corrected chi connectivity index (χ3v) is 9.27. The van der Waals surface area contributed by atoms with Crippen LogP contribution in [0.4, 0.5) is 8.78 Å². The minimum absolute atomic E-state index is 0. The lowest BCUT2D eigenvalue weighted by Gasteiger charge is -2.28. The SMILES string of the molecule is CS(=O)(=O)OC1CCC(c2ccnc3ccc(F)cc23)CC1.I.II.O=C(O)CC1CCC(c2ccnc3ccc(F)cc23)CC1. The van der Waals surface area contributed by atoms with Gasteiger partial charge in [0.1, 0.15) is 11.6 Å². The quantitative estimate of drug-likeness (QED) is 0.152. The Hall–Kier alpha value is -1.31. The van der Waals surface area contributed by atoms with Crippen molar-refractivity contribution in [3.05, 3.63) is 83.7 Å². The molecule has 0 bridgehead atoms. The van der Waals surface area contributed by atoms with E-state index in [1.54, 1.807) is 30.6 Å². The van der Waals surface area contributed by atoms with E-state index in [-0.39, 0.29) is 60.0 Å². The van der Waals surface area contributed by atoms with E-state index >= 15 is 0 Å². The predicted molar refractivity (Wildman–Crippen MR) is 205 cm³/mol. The molecule has 0 amide bonds. The first-order valence-corrected chi connectivity index (χ1v) is 23.0. The number of aliphatic carboxylic acids is 1. The Morgan fingerprint density at radius 3 is 1.65 bits per heavy atom. The summed E-state index contributed by atoms with van der Waals surface area (Å²) in [7, 11) is -3.41.